The zero-order chi connectivity index (χ0) is 12.5. The zero-order valence-electron chi connectivity index (χ0n) is 10.5. The second kappa shape index (κ2) is 4.78. The minimum Gasteiger partial charge on any atom is -0.389 e. The molecule has 0 aliphatic rings. The number of anilines is 1. The molecule has 3 nitrogen and oxygen atoms in total. The van der Waals surface area contributed by atoms with Gasteiger partial charge in [-0.2, -0.15) is 0 Å². The number of pyridine rings is 1. The van der Waals surface area contributed by atoms with Crippen LogP contribution in [0, 0.1) is 13.8 Å². The highest BCUT2D eigenvalue weighted by Crippen LogP contribution is 2.24. The van der Waals surface area contributed by atoms with E-state index in [1.807, 2.05) is 27.0 Å². The first-order valence-electron chi connectivity index (χ1n) is 5.35. The Bertz CT molecular complexity index is 413. The van der Waals surface area contributed by atoms with Crippen molar-refractivity contribution >= 4 is 22.9 Å². The molecule has 0 saturated heterocycles. The molecule has 0 bridgehead atoms. The summed E-state index contributed by atoms with van der Waals surface area (Å²) in [5.74, 6) is 0. The second-order valence-electron chi connectivity index (χ2n) is 4.31. The fraction of sp³-hybridized carbons (Fsp3) is 0.500. The van der Waals surface area contributed by atoms with E-state index in [1.54, 1.807) is 0 Å². The van der Waals surface area contributed by atoms with E-state index >= 15 is 0 Å². The van der Waals surface area contributed by atoms with Gasteiger partial charge in [0.1, 0.15) is 4.99 Å². The van der Waals surface area contributed by atoms with E-state index in [0.717, 1.165) is 22.6 Å². The molecule has 2 N–H and O–H groups in total. The van der Waals surface area contributed by atoms with Gasteiger partial charge in [-0.05, 0) is 33.8 Å². The molecule has 0 fully saturated rings. The van der Waals surface area contributed by atoms with E-state index < -0.39 is 0 Å². The highest BCUT2D eigenvalue weighted by atomic mass is 32.1. The quantitative estimate of drug-likeness (QED) is 0.818. The Labute approximate surface area is 103 Å². The van der Waals surface area contributed by atoms with Crippen molar-refractivity contribution in [1.82, 2.24) is 4.98 Å². The first-order valence-corrected chi connectivity index (χ1v) is 5.76. The molecule has 0 spiro atoms. The summed E-state index contributed by atoms with van der Waals surface area (Å²) in [5, 5.41) is 0. The van der Waals surface area contributed by atoms with Gasteiger partial charge < -0.3 is 10.6 Å². The van der Waals surface area contributed by atoms with Crippen molar-refractivity contribution in [2.24, 2.45) is 5.73 Å². The molecule has 0 aliphatic heterocycles. The van der Waals surface area contributed by atoms with Crippen LogP contribution < -0.4 is 10.6 Å². The number of hydrogen-bond acceptors (Lipinski definition) is 3. The maximum absolute atomic E-state index is 5.77. The fourth-order valence-corrected chi connectivity index (χ4v) is 1.92. The van der Waals surface area contributed by atoms with Gasteiger partial charge in [0.15, 0.2) is 0 Å². The lowest BCUT2D eigenvalue weighted by molar-refractivity contribution is 0.752. The number of aromatic nitrogens is 1. The van der Waals surface area contributed by atoms with Crippen LogP contribution in [0.25, 0.3) is 0 Å². The Morgan fingerprint density at radius 2 is 2.00 bits per heavy atom. The lowest BCUT2D eigenvalue weighted by atomic mass is 10.1. The van der Waals surface area contributed by atoms with Crippen molar-refractivity contribution in [2.75, 3.05) is 11.9 Å². The molecule has 1 heterocycles. The van der Waals surface area contributed by atoms with Crippen LogP contribution in [0.2, 0.25) is 0 Å². The van der Waals surface area contributed by atoms with Gasteiger partial charge >= 0.3 is 0 Å². The third kappa shape index (κ3) is 2.50. The number of hydrogen-bond donors (Lipinski definition) is 1. The molecule has 1 aromatic heterocycles. The fourth-order valence-electron chi connectivity index (χ4n) is 1.67. The van der Waals surface area contributed by atoms with E-state index in [2.05, 4.69) is 23.7 Å². The molecule has 4 heteroatoms. The van der Waals surface area contributed by atoms with Gasteiger partial charge in [-0.15, -0.1) is 0 Å². The van der Waals surface area contributed by atoms with E-state index in [-0.39, 0.29) is 0 Å². The second-order valence-corrected chi connectivity index (χ2v) is 4.75. The maximum Gasteiger partial charge on any atom is 0.107 e. The van der Waals surface area contributed by atoms with Crippen molar-refractivity contribution in [3.63, 3.8) is 0 Å². The van der Waals surface area contributed by atoms with Crippen LogP contribution >= 0.6 is 12.2 Å². The van der Waals surface area contributed by atoms with Crippen molar-refractivity contribution in [3.05, 3.63) is 23.0 Å². The lowest BCUT2D eigenvalue weighted by Crippen LogP contribution is -2.29. The molecule has 1 aromatic rings. The largest absolute Gasteiger partial charge is 0.389 e. The predicted octanol–water partition coefficient (Wildman–Crippen LogP) is 2.18. The van der Waals surface area contributed by atoms with Crippen LogP contribution in [0.4, 0.5) is 5.69 Å². The summed E-state index contributed by atoms with van der Waals surface area (Å²) < 4.78 is 0. The summed E-state index contributed by atoms with van der Waals surface area (Å²) in [6.45, 7) is 8.19. The van der Waals surface area contributed by atoms with Crippen LogP contribution in [-0.4, -0.2) is 23.1 Å². The summed E-state index contributed by atoms with van der Waals surface area (Å²) in [6.07, 6.45) is 0. The zero-order valence-corrected chi connectivity index (χ0v) is 11.4. The van der Waals surface area contributed by atoms with Gasteiger partial charge in [0.25, 0.3) is 0 Å². The number of nitrogens with two attached hydrogens (primary N) is 1. The van der Waals surface area contributed by atoms with Crippen LogP contribution in [0.15, 0.2) is 6.07 Å². The predicted molar refractivity (Wildman–Crippen MR) is 73.1 cm³/mol. The standard InChI is InChI=1S/C12H19N3S/c1-7(2)15(5)10-6-8(3)14-9(4)11(10)12(13)16/h6-7H,1-5H3,(H2,13,16). The van der Waals surface area contributed by atoms with Crippen LogP contribution in [0.1, 0.15) is 30.8 Å². The topological polar surface area (TPSA) is 42.1 Å². The molecule has 0 aliphatic carbocycles. The summed E-state index contributed by atoms with van der Waals surface area (Å²) in [4.78, 5) is 6.98. The molecule has 0 amide bonds. The van der Waals surface area contributed by atoms with E-state index in [1.165, 1.54) is 0 Å². The summed E-state index contributed by atoms with van der Waals surface area (Å²) in [7, 11) is 2.04. The Hall–Kier alpha value is -1.16. The maximum atomic E-state index is 5.77. The summed E-state index contributed by atoms with van der Waals surface area (Å²) in [5.41, 5.74) is 9.60. The first-order chi connectivity index (χ1) is 7.34. The third-order valence-corrected chi connectivity index (χ3v) is 2.91. The molecule has 1 rings (SSSR count). The number of nitrogens with zero attached hydrogens (tertiary/aromatic N) is 2. The van der Waals surface area contributed by atoms with Gasteiger partial charge in [0, 0.05) is 24.5 Å². The highest BCUT2D eigenvalue weighted by molar-refractivity contribution is 7.80. The minimum absolute atomic E-state index is 0.397. The van der Waals surface area contributed by atoms with Gasteiger partial charge in [-0.1, -0.05) is 12.2 Å². The first kappa shape index (κ1) is 12.9. The molecule has 0 saturated carbocycles. The molecule has 0 radical (unpaired) electrons. The van der Waals surface area contributed by atoms with E-state index in [4.69, 9.17) is 18.0 Å². The molecular formula is C12H19N3S. The number of aryl methyl sites for hydroxylation is 2. The molecule has 0 unspecified atom stereocenters. The van der Waals surface area contributed by atoms with Crippen molar-refractivity contribution in [3.8, 4) is 0 Å². The van der Waals surface area contributed by atoms with Crippen LogP contribution in [0.5, 0.6) is 0 Å². The van der Waals surface area contributed by atoms with Crippen LogP contribution in [0.3, 0.4) is 0 Å². The van der Waals surface area contributed by atoms with Crippen LogP contribution in [-0.2, 0) is 0 Å². The number of thiocarbonyl (C=S) groups is 1. The Morgan fingerprint density at radius 3 is 2.44 bits per heavy atom. The van der Waals surface area contributed by atoms with E-state index in [9.17, 15) is 0 Å². The average molecular weight is 237 g/mol. The average Bonchev–Trinajstić information content (AvgIpc) is 2.14. The molecule has 0 atom stereocenters. The van der Waals surface area contributed by atoms with Crippen molar-refractivity contribution in [1.29, 1.82) is 0 Å². The minimum atomic E-state index is 0.397. The number of rotatable bonds is 3. The monoisotopic (exact) mass is 237 g/mol. The van der Waals surface area contributed by atoms with E-state index in [0.29, 0.717) is 11.0 Å². The summed E-state index contributed by atoms with van der Waals surface area (Å²) in [6, 6.07) is 2.43. The molecule has 16 heavy (non-hydrogen) atoms. The van der Waals surface area contributed by atoms with Crippen molar-refractivity contribution < 1.29 is 0 Å². The molecular weight excluding hydrogens is 218 g/mol. The third-order valence-electron chi connectivity index (χ3n) is 2.71. The SMILES string of the molecule is Cc1cc(N(C)C(C)C)c(C(N)=S)c(C)n1. The molecule has 88 valence electrons. The highest BCUT2D eigenvalue weighted by Gasteiger charge is 2.15. The summed E-state index contributed by atoms with van der Waals surface area (Å²) >= 11 is 5.10. The smallest absolute Gasteiger partial charge is 0.107 e. The van der Waals surface area contributed by atoms with Gasteiger partial charge in [0.2, 0.25) is 0 Å². The normalized spacial score (nSPS) is 10.6. The Kier molecular flexibility index (Phi) is 3.86. The Balaban J connectivity index is 3.40. The van der Waals surface area contributed by atoms with Gasteiger partial charge in [0.05, 0.1) is 11.3 Å². The lowest BCUT2D eigenvalue weighted by Gasteiger charge is -2.27. The molecule has 0 aromatic carbocycles. The Morgan fingerprint density at radius 1 is 1.44 bits per heavy atom. The van der Waals surface area contributed by atoms with Crippen molar-refractivity contribution in [2.45, 2.75) is 33.7 Å². The van der Waals surface area contributed by atoms with Gasteiger partial charge in [-0.25, -0.2) is 0 Å². The van der Waals surface area contributed by atoms with Gasteiger partial charge in [-0.3, -0.25) is 4.98 Å².